The van der Waals surface area contributed by atoms with Crippen LogP contribution in [0.25, 0.3) is 38.9 Å². The molecule has 7 nitrogen and oxygen atoms in total. The molecular formula is C27H28ClN5O2. The molecule has 5 aromatic rings. The van der Waals surface area contributed by atoms with Gasteiger partial charge >= 0.3 is 0 Å². The summed E-state index contributed by atoms with van der Waals surface area (Å²) < 4.78 is 8.97. The van der Waals surface area contributed by atoms with Crippen LogP contribution < -0.4 is 10.3 Å². The van der Waals surface area contributed by atoms with Crippen LogP contribution in [0.4, 0.5) is 0 Å². The Morgan fingerprint density at radius 3 is 2.40 bits per heavy atom. The average molecular weight is 490 g/mol. The number of hydrogen-bond acceptors (Lipinski definition) is 5. The number of nitrogens with zero attached hydrogens (tertiary/aromatic N) is 5. The van der Waals surface area contributed by atoms with E-state index in [0.29, 0.717) is 45.3 Å². The predicted octanol–water partition coefficient (Wildman–Crippen LogP) is 6.22. The van der Waals surface area contributed by atoms with Crippen molar-refractivity contribution in [2.45, 2.75) is 52.5 Å². The highest BCUT2D eigenvalue weighted by Gasteiger charge is 2.22. The zero-order valence-electron chi connectivity index (χ0n) is 20.2. The summed E-state index contributed by atoms with van der Waals surface area (Å²) in [6.07, 6.45) is 5.61. The maximum atomic E-state index is 13.8. The van der Waals surface area contributed by atoms with Gasteiger partial charge in [-0.1, -0.05) is 56.3 Å². The monoisotopic (exact) mass is 489 g/mol. The molecule has 0 saturated carbocycles. The molecule has 0 N–H and O–H groups in total. The van der Waals surface area contributed by atoms with Gasteiger partial charge in [-0.2, -0.15) is 0 Å². The van der Waals surface area contributed by atoms with Gasteiger partial charge in [0.1, 0.15) is 22.5 Å². The van der Waals surface area contributed by atoms with E-state index < -0.39 is 0 Å². The molecule has 8 heteroatoms. The zero-order chi connectivity index (χ0) is 24.5. The number of fused-ring (bicyclic) bond motifs is 4. The van der Waals surface area contributed by atoms with Gasteiger partial charge in [0.25, 0.3) is 5.56 Å². The van der Waals surface area contributed by atoms with E-state index in [4.69, 9.17) is 31.3 Å². The molecule has 0 saturated heterocycles. The summed E-state index contributed by atoms with van der Waals surface area (Å²) in [5.74, 6) is 1.24. The summed E-state index contributed by atoms with van der Waals surface area (Å²) in [5.41, 5.74) is 3.78. The van der Waals surface area contributed by atoms with Gasteiger partial charge in [0, 0.05) is 6.54 Å². The smallest absolute Gasteiger partial charge is 0.265 e. The van der Waals surface area contributed by atoms with Crippen molar-refractivity contribution in [1.82, 2.24) is 24.1 Å². The SMILES string of the molecule is CCCCCCCn1c(C)nc2c(c1=O)c1nc3ccccc3nc1n2-c1ccc(OC)c(Cl)c1. The van der Waals surface area contributed by atoms with Crippen LogP contribution >= 0.6 is 11.6 Å². The van der Waals surface area contributed by atoms with Gasteiger partial charge in [-0.25, -0.2) is 15.0 Å². The summed E-state index contributed by atoms with van der Waals surface area (Å²) in [4.78, 5) is 28.5. The maximum absolute atomic E-state index is 13.8. The standard InChI is InChI=1S/C27H28ClN5O2/c1-4-5-6-7-10-15-32-17(2)29-25-23(27(32)34)24-26(31-21-12-9-8-11-20(21)30-24)33(25)18-13-14-22(35-3)19(28)16-18/h8-9,11-14,16H,4-7,10,15H2,1-3H3. The largest absolute Gasteiger partial charge is 0.495 e. The van der Waals surface area contributed by atoms with Gasteiger partial charge in [-0.05, 0) is 43.7 Å². The molecular weight excluding hydrogens is 462 g/mol. The van der Waals surface area contributed by atoms with E-state index in [9.17, 15) is 4.79 Å². The van der Waals surface area contributed by atoms with Crippen molar-refractivity contribution in [3.8, 4) is 11.4 Å². The number of halogens is 1. The van der Waals surface area contributed by atoms with Crippen LogP contribution in [0.5, 0.6) is 5.75 Å². The zero-order valence-corrected chi connectivity index (χ0v) is 21.0. The fraction of sp³-hybridized carbons (Fsp3) is 0.333. The Morgan fingerprint density at radius 1 is 0.943 bits per heavy atom. The Bertz CT molecular complexity index is 1610. The van der Waals surface area contributed by atoms with Gasteiger partial charge in [0.15, 0.2) is 11.3 Å². The van der Waals surface area contributed by atoms with Crippen LogP contribution in [-0.2, 0) is 6.54 Å². The number of para-hydroxylation sites is 2. The lowest BCUT2D eigenvalue weighted by molar-refractivity contribution is 0.415. The Balaban J connectivity index is 1.77. The highest BCUT2D eigenvalue weighted by molar-refractivity contribution is 6.32. The first kappa shape index (κ1) is 23.3. The lowest BCUT2D eigenvalue weighted by atomic mass is 10.1. The molecule has 0 aliphatic carbocycles. The molecule has 0 amide bonds. The van der Waals surface area contributed by atoms with E-state index in [1.54, 1.807) is 23.8 Å². The molecule has 0 unspecified atom stereocenters. The average Bonchev–Trinajstić information content (AvgIpc) is 3.16. The highest BCUT2D eigenvalue weighted by Crippen LogP contribution is 2.32. The maximum Gasteiger partial charge on any atom is 0.265 e. The molecule has 0 aliphatic heterocycles. The number of unbranched alkanes of at least 4 members (excludes halogenated alkanes) is 4. The second-order valence-electron chi connectivity index (χ2n) is 8.77. The number of hydrogen-bond donors (Lipinski definition) is 0. The molecule has 0 fully saturated rings. The fourth-order valence-electron chi connectivity index (χ4n) is 4.61. The van der Waals surface area contributed by atoms with Gasteiger partial charge in [0.05, 0.1) is 28.9 Å². The van der Waals surface area contributed by atoms with Gasteiger partial charge in [-0.3, -0.25) is 13.9 Å². The lowest BCUT2D eigenvalue weighted by Gasteiger charge is -2.12. The van der Waals surface area contributed by atoms with Crippen molar-refractivity contribution in [2.75, 3.05) is 7.11 Å². The van der Waals surface area contributed by atoms with Crippen LogP contribution in [0.2, 0.25) is 5.02 Å². The summed E-state index contributed by atoms with van der Waals surface area (Å²) >= 11 is 6.46. The first-order valence-electron chi connectivity index (χ1n) is 12.1. The molecule has 0 bridgehead atoms. The molecule has 35 heavy (non-hydrogen) atoms. The topological polar surface area (TPSA) is 74.8 Å². The molecule has 2 aromatic carbocycles. The van der Waals surface area contributed by atoms with Gasteiger partial charge in [0.2, 0.25) is 0 Å². The molecule has 0 aliphatic rings. The van der Waals surface area contributed by atoms with Crippen molar-refractivity contribution in [3.05, 3.63) is 63.7 Å². The highest BCUT2D eigenvalue weighted by atomic mass is 35.5. The number of ether oxygens (including phenoxy) is 1. The van der Waals surface area contributed by atoms with E-state index in [-0.39, 0.29) is 5.56 Å². The van der Waals surface area contributed by atoms with E-state index in [1.807, 2.05) is 41.8 Å². The fourth-order valence-corrected chi connectivity index (χ4v) is 4.86. The molecule has 3 aromatic heterocycles. The Hall–Kier alpha value is -3.45. The number of aromatic nitrogens is 5. The minimum Gasteiger partial charge on any atom is -0.495 e. The predicted molar refractivity (Wildman–Crippen MR) is 141 cm³/mol. The minimum atomic E-state index is -0.0871. The first-order valence-corrected chi connectivity index (χ1v) is 12.4. The second-order valence-corrected chi connectivity index (χ2v) is 9.17. The van der Waals surface area contributed by atoms with Crippen LogP contribution in [0, 0.1) is 6.92 Å². The second kappa shape index (κ2) is 9.66. The third-order valence-electron chi connectivity index (χ3n) is 6.43. The summed E-state index contributed by atoms with van der Waals surface area (Å²) in [5, 5.41) is 0.940. The van der Waals surface area contributed by atoms with Gasteiger partial charge < -0.3 is 4.74 Å². The Labute approximate surface area is 208 Å². The minimum absolute atomic E-state index is 0.0871. The van der Waals surface area contributed by atoms with Crippen molar-refractivity contribution < 1.29 is 4.74 Å². The molecule has 0 radical (unpaired) electrons. The van der Waals surface area contributed by atoms with E-state index >= 15 is 0 Å². The third-order valence-corrected chi connectivity index (χ3v) is 6.73. The van der Waals surface area contributed by atoms with Crippen LogP contribution in [0.15, 0.2) is 47.3 Å². The van der Waals surface area contributed by atoms with E-state index in [1.165, 1.54) is 19.3 Å². The molecule has 5 rings (SSSR count). The molecule has 180 valence electrons. The number of rotatable bonds is 8. The van der Waals surface area contributed by atoms with Crippen molar-refractivity contribution in [2.24, 2.45) is 0 Å². The van der Waals surface area contributed by atoms with Gasteiger partial charge in [-0.15, -0.1) is 0 Å². The van der Waals surface area contributed by atoms with Crippen LogP contribution in [0.1, 0.15) is 44.9 Å². The van der Waals surface area contributed by atoms with Crippen molar-refractivity contribution >= 4 is 44.8 Å². The number of benzene rings is 2. The third kappa shape index (κ3) is 4.14. The van der Waals surface area contributed by atoms with Crippen molar-refractivity contribution in [1.29, 1.82) is 0 Å². The molecule has 0 atom stereocenters. The number of methoxy groups -OCH3 is 1. The van der Waals surface area contributed by atoms with E-state index in [0.717, 1.165) is 29.6 Å². The quantitative estimate of drug-likeness (QED) is 0.242. The van der Waals surface area contributed by atoms with E-state index in [2.05, 4.69) is 6.92 Å². The summed E-state index contributed by atoms with van der Waals surface area (Å²) in [6.45, 7) is 4.72. The summed E-state index contributed by atoms with van der Waals surface area (Å²) in [6, 6.07) is 13.1. The molecule has 0 spiro atoms. The molecule has 3 heterocycles. The Morgan fingerprint density at radius 2 is 1.69 bits per heavy atom. The lowest BCUT2D eigenvalue weighted by Crippen LogP contribution is -2.24. The normalized spacial score (nSPS) is 11.7. The number of aryl methyl sites for hydroxylation is 1. The van der Waals surface area contributed by atoms with Crippen molar-refractivity contribution in [3.63, 3.8) is 0 Å². The first-order chi connectivity index (χ1) is 17.0. The van der Waals surface area contributed by atoms with Crippen LogP contribution in [0.3, 0.4) is 0 Å². The summed E-state index contributed by atoms with van der Waals surface area (Å²) in [7, 11) is 1.58. The Kier molecular flexibility index (Phi) is 6.43. The van der Waals surface area contributed by atoms with Crippen LogP contribution in [-0.4, -0.2) is 31.2 Å².